The number of para-hydroxylation sites is 1. The molecule has 6 heteroatoms. The van der Waals surface area contributed by atoms with Crippen molar-refractivity contribution in [3.63, 3.8) is 0 Å². The van der Waals surface area contributed by atoms with Gasteiger partial charge in [-0.15, -0.1) is 12.4 Å². The first-order chi connectivity index (χ1) is 9.66. The number of benzene rings is 1. The molecule has 2 atom stereocenters. The average Bonchev–Trinajstić information content (AvgIpc) is 2.96. The van der Waals surface area contributed by atoms with Crippen LogP contribution in [0.25, 0.3) is 0 Å². The van der Waals surface area contributed by atoms with E-state index >= 15 is 0 Å². The zero-order valence-corrected chi connectivity index (χ0v) is 12.9. The third kappa shape index (κ3) is 3.09. The van der Waals surface area contributed by atoms with Gasteiger partial charge in [-0.05, 0) is 31.4 Å². The molecule has 0 radical (unpaired) electrons. The maximum atomic E-state index is 12.6. The van der Waals surface area contributed by atoms with Gasteiger partial charge in [-0.1, -0.05) is 6.07 Å². The van der Waals surface area contributed by atoms with Crippen molar-refractivity contribution in [3.05, 3.63) is 23.8 Å². The molecule has 1 aromatic rings. The third-order valence-corrected chi connectivity index (χ3v) is 4.05. The van der Waals surface area contributed by atoms with E-state index in [0.29, 0.717) is 36.2 Å². The number of likely N-dealkylation sites (tertiary alicyclic amines) is 1. The number of amides is 1. The molecule has 0 spiro atoms. The predicted molar refractivity (Wildman–Crippen MR) is 82.3 cm³/mol. The van der Waals surface area contributed by atoms with Gasteiger partial charge in [-0.3, -0.25) is 4.79 Å². The second-order valence-corrected chi connectivity index (χ2v) is 5.49. The SMILES string of the molecule is CC(N)C1CCN(C(=O)c2cccc3c2OCCO3)C1.Cl. The highest BCUT2D eigenvalue weighted by Gasteiger charge is 2.31. The van der Waals surface area contributed by atoms with E-state index < -0.39 is 0 Å². The monoisotopic (exact) mass is 312 g/mol. The number of hydrogen-bond donors (Lipinski definition) is 1. The number of hydrogen-bond acceptors (Lipinski definition) is 4. The van der Waals surface area contributed by atoms with Gasteiger partial charge in [0.05, 0.1) is 5.56 Å². The van der Waals surface area contributed by atoms with Crippen LogP contribution in [0.15, 0.2) is 18.2 Å². The summed E-state index contributed by atoms with van der Waals surface area (Å²) in [6, 6.07) is 5.59. The Balaban J connectivity index is 0.00000161. The van der Waals surface area contributed by atoms with Crippen LogP contribution in [0, 0.1) is 5.92 Å². The summed E-state index contributed by atoms with van der Waals surface area (Å²) in [4.78, 5) is 14.5. The molecule has 5 nitrogen and oxygen atoms in total. The van der Waals surface area contributed by atoms with Gasteiger partial charge in [0.25, 0.3) is 5.91 Å². The van der Waals surface area contributed by atoms with Gasteiger partial charge in [0.2, 0.25) is 0 Å². The molecule has 0 aliphatic carbocycles. The van der Waals surface area contributed by atoms with Gasteiger partial charge >= 0.3 is 0 Å². The molecule has 21 heavy (non-hydrogen) atoms. The molecule has 2 aliphatic heterocycles. The van der Waals surface area contributed by atoms with Crippen molar-refractivity contribution < 1.29 is 14.3 Å². The molecule has 2 aliphatic rings. The highest BCUT2D eigenvalue weighted by atomic mass is 35.5. The molecule has 0 saturated carbocycles. The van der Waals surface area contributed by atoms with Crippen molar-refractivity contribution in [2.45, 2.75) is 19.4 Å². The maximum Gasteiger partial charge on any atom is 0.257 e. The zero-order valence-electron chi connectivity index (χ0n) is 12.1. The van der Waals surface area contributed by atoms with E-state index in [9.17, 15) is 4.79 Å². The largest absolute Gasteiger partial charge is 0.486 e. The van der Waals surface area contributed by atoms with Crippen LogP contribution in [-0.2, 0) is 0 Å². The van der Waals surface area contributed by atoms with Crippen LogP contribution in [0.4, 0.5) is 0 Å². The lowest BCUT2D eigenvalue weighted by Crippen LogP contribution is -2.33. The van der Waals surface area contributed by atoms with Crippen LogP contribution < -0.4 is 15.2 Å². The van der Waals surface area contributed by atoms with Crippen molar-refractivity contribution in [1.82, 2.24) is 4.90 Å². The molecule has 0 aromatic heterocycles. The number of fused-ring (bicyclic) bond motifs is 1. The lowest BCUT2D eigenvalue weighted by molar-refractivity contribution is 0.0775. The fraction of sp³-hybridized carbons (Fsp3) is 0.533. The lowest BCUT2D eigenvalue weighted by Gasteiger charge is -2.23. The van der Waals surface area contributed by atoms with Crippen molar-refractivity contribution in [1.29, 1.82) is 0 Å². The Kier molecular flexibility index (Phi) is 4.96. The normalized spacial score (nSPS) is 21.6. The number of carbonyl (C=O) groups is 1. The molecule has 116 valence electrons. The van der Waals surface area contributed by atoms with Crippen LogP contribution in [0.2, 0.25) is 0 Å². The molecule has 3 rings (SSSR count). The number of nitrogens with zero attached hydrogens (tertiary/aromatic N) is 1. The summed E-state index contributed by atoms with van der Waals surface area (Å²) in [6.07, 6.45) is 0.968. The fourth-order valence-corrected chi connectivity index (χ4v) is 2.81. The fourth-order valence-electron chi connectivity index (χ4n) is 2.81. The third-order valence-electron chi connectivity index (χ3n) is 4.05. The molecule has 1 saturated heterocycles. The Hall–Kier alpha value is -1.46. The minimum Gasteiger partial charge on any atom is -0.486 e. The molecule has 1 amide bonds. The van der Waals surface area contributed by atoms with Gasteiger partial charge in [0, 0.05) is 19.1 Å². The standard InChI is InChI=1S/C15H20N2O3.ClH/c1-10(16)11-5-6-17(9-11)15(18)12-3-2-4-13-14(12)20-8-7-19-13;/h2-4,10-11H,5-9,16H2,1H3;1H. The molecule has 2 heterocycles. The average molecular weight is 313 g/mol. The number of ether oxygens (including phenoxy) is 2. The summed E-state index contributed by atoms with van der Waals surface area (Å²) >= 11 is 0. The minimum atomic E-state index is 0. The van der Waals surface area contributed by atoms with E-state index in [1.807, 2.05) is 24.0 Å². The van der Waals surface area contributed by atoms with Crippen molar-refractivity contribution >= 4 is 18.3 Å². The highest BCUT2D eigenvalue weighted by Crippen LogP contribution is 2.35. The van der Waals surface area contributed by atoms with Gasteiger partial charge < -0.3 is 20.1 Å². The quantitative estimate of drug-likeness (QED) is 0.902. The van der Waals surface area contributed by atoms with Crippen LogP contribution in [0.1, 0.15) is 23.7 Å². The van der Waals surface area contributed by atoms with Crippen LogP contribution in [0.3, 0.4) is 0 Å². The summed E-state index contributed by atoms with van der Waals surface area (Å²) in [6.45, 7) is 4.50. The zero-order chi connectivity index (χ0) is 14.1. The van der Waals surface area contributed by atoms with E-state index in [2.05, 4.69) is 0 Å². The minimum absolute atomic E-state index is 0. The smallest absolute Gasteiger partial charge is 0.257 e. The topological polar surface area (TPSA) is 64.8 Å². The Morgan fingerprint density at radius 1 is 1.38 bits per heavy atom. The number of rotatable bonds is 2. The molecule has 2 unspecified atom stereocenters. The molecule has 1 fully saturated rings. The van der Waals surface area contributed by atoms with Crippen molar-refractivity contribution in [2.75, 3.05) is 26.3 Å². The number of halogens is 1. The van der Waals surface area contributed by atoms with E-state index in [4.69, 9.17) is 15.2 Å². The van der Waals surface area contributed by atoms with E-state index in [0.717, 1.165) is 19.5 Å². The molecular formula is C15H21ClN2O3. The van der Waals surface area contributed by atoms with Crippen molar-refractivity contribution in [3.8, 4) is 11.5 Å². The summed E-state index contributed by atoms with van der Waals surface area (Å²) < 4.78 is 11.1. The Bertz CT molecular complexity index is 522. The Morgan fingerprint density at radius 2 is 2.14 bits per heavy atom. The van der Waals surface area contributed by atoms with Gasteiger partial charge in [-0.2, -0.15) is 0 Å². The van der Waals surface area contributed by atoms with Crippen molar-refractivity contribution in [2.24, 2.45) is 11.7 Å². The molecular weight excluding hydrogens is 292 g/mol. The summed E-state index contributed by atoms with van der Waals surface area (Å²) in [5, 5.41) is 0. The first-order valence-corrected chi connectivity index (χ1v) is 7.10. The van der Waals surface area contributed by atoms with Crippen LogP contribution in [0.5, 0.6) is 11.5 Å². The molecule has 0 bridgehead atoms. The summed E-state index contributed by atoms with van der Waals surface area (Å²) in [5.41, 5.74) is 6.52. The Morgan fingerprint density at radius 3 is 2.86 bits per heavy atom. The van der Waals surface area contributed by atoms with Gasteiger partial charge in [0.15, 0.2) is 11.5 Å². The highest BCUT2D eigenvalue weighted by molar-refractivity contribution is 5.98. The molecule has 1 aromatic carbocycles. The van der Waals surface area contributed by atoms with E-state index in [1.54, 1.807) is 6.07 Å². The van der Waals surface area contributed by atoms with Gasteiger partial charge in [-0.25, -0.2) is 0 Å². The second kappa shape index (κ2) is 6.54. The molecule has 2 N–H and O–H groups in total. The van der Waals surface area contributed by atoms with E-state index in [1.165, 1.54) is 0 Å². The maximum absolute atomic E-state index is 12.6. The summed E-state index contributed by atoms with van der Waals surface area (Å²) in [7, 11) is 0. The predicted octanol–water partition coefficient (Wildman–Crippen LogP) is 1.69. The van der Waals surface area contributed by atoms with Gasteiger partial charge in [0.1, 0.15) is 13.2 Å². The Labute approximate surface area is 130 Å². The van der Waals surface area contributed by atoms with Crippen LogP contribution >= 0.6 is 12.4 Å². The first-order valence-electron chi connectivity index (χ1n) is 7.10. The van der Waals surface area contributed by atoms with Crippen LogP contribution in [-0.4, -0.2) is 43.2 Å². The second-order valence-electron chi connectivity index (χ2n) is 5.49. The lowest BCUT2D eigenvalue weighted by atomic mass is 10.0. The summed E-state index contributed by atoms with van der Waals surface area (Å²) in [5.74, 6) is 1.63. The number of carbonyl (C=O) groups excluding carboxylic acids is 1. The first kappa shape index (κ1) is 15.9. The van der Waals surface area contributed by atoms with E-state index in [-0.39, 0.29) is 24.4 Å². The number of nitrogens with two attached hydrogens (primary N) is 1.